The molecule has 1 atom stereocenters. The van der Waals surface area contributed by atoms with Gasteiger partial charge in [-0.05, 0) is 69.2 Å². The van der Waals surface area contributed by atoms with Crippen LogP contribution in [0.15, 0.2) is 42.5 Å². The van der Waals surface area contributed by atoms with Crippen molar-refractivity contribution in [3.63, 3.8) is 0 Å². The molecule has 2 N–H and O–H groups in total. The second-order valence-electron chi connectivity index (χ2n) is 9.35. The van der Waals surface area contributed by atoms with E-state index in [2.05, 4.69) is 10.2 Å². The maximum absolute atomic E-state index is 14.0. The van der Waals surface area contributed by atoms with Crippen LogP contribution in [0.2, 0.25) is 0 Å². The average Bonchev–Trinajstić information content (AvgIpc) is 3.39. The van der Waals surface area contributed by atoms with Crippen molar-refractivity contribution in [3.8, 4) is 22.8 Å². The molecule has 2 heterocycles. The molecule has 2 aromatic carbocycles. The topological polar surface area (TPSA) is 76.0 Å². The van der Waals surface area contributed by atoms with Gasteiger partial charge in [0.25, 0.3) is 0 Å². The Balaban J connectivity index is 1.56. The number of nitrogens with one attached hydrogen (secondary N) is 1. The van der Waals surface area contributed by atoms with E-state index in [0.717, 1.165) is 60.4 Å². The molecule has 1 unspecified atom stereocenters. The fraction of sp³-hybridized carbons (Fsp3) is 0.444. The van der Waals surface area contributed by atoms with Crippen molar-refractivity contribution in [2.75, 3.05) is 33.4 Å². The minimum absolute atomic E-state index is 0.0301. The Morgan fingerprint density at radius 3 is 2.77 bits per heavy atom. The van der Waals surface area contributed by atoms with E-state index in [1.165, 1.54) is 13.2 Å². The summed E-state index contributed by atoms with van der Waals surface area (Å²) in [7, 11) is 1.43. The Kier molecular flexibility index (Phi) is 7.93. The monoisotopic (exact) mass is 483 g/mol. The molecule has 0 radical (unpaired) electrons. The van der Waals surface area contributed by atoms with Gasteiger partial charge in [0.05, 0.1) is 19.8 Å². The third kappa shape index (κ3) is 6.13. The molecule has 3 aromatic rings. The number of aromatic nitrogens is 1. The highest BCUT2D eigenvalue weighted by atomic mass is 19.1. The van der Waals surface area contributed by atoms with Crippen molar-refractivity contribution < 1.29 is 23.8 Å². The number of carbonyl (C=O) groups excluding carboxylic acids is 1. The van der Waals surface area contributed by atoms with Gasteiger partial charge < -0.3 is 29.4 Å². The maximum Gasteiger partial charge on any atom is 0.240 e. The largest absolute Gasteiger partial charge is 0.494 e. The van der Waals surface area contributed by atoms with Gasteiger partial charge in [0.15, 0.2) is 11.6 Å². The number of hydrogen-bond donors (Lipinski definition) is 2. The van der Waals surface area contributed by atoms with Crippen molar-refractivity contribution in [1.82, 2.24) is 14.8 Å². The summed E-state index contributed by atoms with van der Waals surface area (Å²) in [6.45, 7) is 7.13. The van der Waals surface area contributed by atoms with Crippen molar-refractivity contribution >= 4 is 16.8 Å². The van der Waals surface area contributed by atoms with Crippen LogP contribution in [-0.4, -0.2) is 66.0 Å². The molecule has 1 aliphatic heterocycles. The number of nitrogens with zero attached hydrogens (tertiary/aromatic N) is 2. The molecular weight excluding hydrogens is 449 g/mol. The first-order valence-electron chi connectivity index (χ1n) is 12.1. The number of β-amino-alcohol motifs (C(OH)–C–C–N with tert-alkyl or cyclic N) is 1. The van der Waals surface area contributed by atoms with E-state index in [1.807, 2.05) is 42.7 Å². The van der Waals surface area contributed by atoms with Gasteiger partial charge >= 0.3 is 0 Å². The lowest BCUT2D eigenvalue weighted by molar-refractivity contribution is -0.122. The first-order chi connectivity index (χ1) is 16.8. The lowest BCUT2D eigenvalue weighted by Crippen LogP contribution is -2.33. The zero-order chi connectivity index (χ0) is 24.9. The number of fused-ring (bicyclic) bond motifs is 1. The molecule has 0 saturated carbocycles. The van der Waals surface area contributed by atoms with E-state index in [4.69, 9.17) is 9.47 Å². The number of halogens is 1. The number of carbonyl (C=O) groups is 1. The summed E-state index contributed by atoms with van der Waals surface area (Å²) in [4.78, 5) is 14.9. The summed E-state index contributed by atoms with van der Waals surface area (Å²) in [6.07, 6.45) is 1.51. The molecule has 1 fully saturated rings. The van der Waals surface area contributed by atoms with Crippen molar-refractivity contribution in [2.24, 2.45) is 0 Å². The lowest BCUT2D eigenvalue weighted by atomic mass is 10.1. The van der Waals surface area contributed by atoms with Gasteiger partial charge in [-0.1, -0.05) is 0 Å². The van der Waals surface area contributed by atoms with Crippen molar-refractivity contribution in [2.45, 2.75) is 45.4 Å². The molecule has 1 aromatic heterocycles. The fourth-order valence-corrected chi connectivity index (χ4v) is 4.57. The van der Waals surface area contributed by atoms with Crippen LogP contribution >= 0.6 is 0 Å². The van der Waals surface area contributed by atoms with Gasteiger partial charge in [-0.3, -0.25) is 4.79 Å². The SMILES string of the molecule is COc1cc(-c2cc3cc(OCCCN4CCC(O)C4)ccc3n2CC(=O)NC(C)C)ccc1F. The Morgan fingerprint density at radius 1 is 1.23 bits per heavy atom. The molecule has 1 saturated heterocycles. The zero-order valence-electron chi connectivity index (χ0n) is 20.6. The number of amides is 1. The van der Waals surface area contributed by atoms with Gasteiger partial charge in [-0.25, -0.2) is 4.39 Å². The second kappa shape index (κ2) is 11.1. The number of methoxy groups -OCH3 is 1. The van der Waals surface area contributed by atoms with Crippen LogP contribution in [0.5, 0.6) is 11.5 Å². The molecule has 8 heteroatoms. The number of likely N-dealkylation sites (tertiary alicyclic amines) is 1. The molecular formula is C27H34FN3O4. The summed E-state index contributed by atoms with van der Waals surface area (Å²) < 4.78 is 27.1. The average molecular weight is 484 g/mol. The smallest absolute Gasteiger partial charge is 0.240 e. The number of hydrogen-bond acceptors (Lipinski definition) is 5. The highest BCUT2D eigenvalue weighted by Gasteiger charge is 2.19. The summed E-state index contributed by atoms with van der Waals surface area (Å²) >= 11 is 0. The lowest BCUT2D eigenvalue weighted by Gasteiger charge is -2.15. The molecule has 0 aliphatic carbocycles. The van der Waals surface area contributed by atoms with Gasteiger partial charge in [-0.15, -0.1) is 0 Å². The highest BCUT2D eigenvalue weighted by Crippen LogP contribution is 2.33. The number of aliphatic hydroxyl groups is 1. The Bertz CT molecular complexity index is 1180. The van der Waals surface area contributed by atoms with Crippen LogP contribution in [0.3, 0.4) is 0 Å². The minimum atomic E-state index is -0.435. The molecule has 35 heavy (non-hydrogen) atoms. The van der Waals surface area contributed by atoms with E-state index in [-0.39, 0.29) is 30.3 Å². The summed E-state index contributed by atoms with van der Waals surface area (Å²) in [6, 6.07) is 12.6. The standard InChI is InChI=1S/C27H34FN3O4/c1-18(2)29-27(33)17-31-24-8-6-22(35-12-4-10-30-11-9-21(32)16-30)13-20(24)14-25(31)19-5-7-23(28)26(15-19)34-3/h5-8,13-15,18,21,32H,4,9-12,16-17H2,1-3H3,(H,29,33). The van der Waals surface area contributed by atoms with Crippen LogP contribution in [0.1, 0.15) is 26.7 Å². The van der Waals surface area contributed by atoms with E-state index >= 15 is 0 Å². The Hall–Kier alpha value is -3.10. The van der Waals surface area contributed by atoms with E-state index in [9.17, 15) is 14.3 Å². The van der Waals surface area contributed by atoms with Crippen molar-refractivity contribution in [1.29, 1.82) is 0 Å². The van der Waals surface area contributed by atoms with Gasteiger partial charge in [0, 0.05) is 47.8 Å². The van der Waals surface area contributed by atoms with Crippen LogP contribution in [0.25, 0.3) is 22.2 Å². The van der Waals surface area contributed by atoms with Crippen LogP contribution in [0.4, 0.5) is 4.39 Å². The van der Waals surface area contributed by atoms with Gasteiger partial charge in [0.2, 0.25) is 5.91 Å². The molecule has 0 bridgehead atoms. The third-order valence-corrected chi connectivity index (χ3v) is 6.21. The molecule has 1 aliphatic rings. The second-order valence-corrected chi connectivity index (χ2v) is 9.35. The quantitative estimate of drug-likeness (QED) is 0.429. The Morgan fingerprint density at radius 2 is 2.06 bits per heavy atom. The predicted molar refractivity (Wildman–Crippen MR) is 134 cm³/mol. The van der Waals surface area contributed by atoms with Crippen LogP contribution in [-0.2, 0) is 11.3 Å². The highest BCUT2D eigenvalue weighted by molar-refractivity contribution is 5.90. The van der Waals surface area contributed by atoms with Gasteiger partial charge in [0.1, 0.15) is 12.3 Å². The minimum Gasteiger partial charge on any atom is -0.494 e. The maximum atomic E-state index is 14.0. The normalized spacial score (nSPS) is 16.2. The number of benzene rings is 2. The number of ether oxygens (including phenoxy) is 2. The Labute approximate surface area is 205 Å². The van der Waals surface area contributed by atoms with Gasteiger partial charge in [-0.2, -0.15) is 0 Å². The molecule has 7 nitrogen and oxygen atoms in total. The van der Waals surface area contributed by atoms with E-state index < -0.39 is 5.82 Å². The molecule has 0 spiro atoms. The predicted octanol–water partition coefficient (Wildman–Crippen LogP) is 3.82. The molecule has 4 rings (SSSR count). The first kappa shape index (κ1) is 25.0. The summed E-state index contributed by atoms with van der Waals surface area (Å²) in [5.41, 5.74) is 2.44. The number of rotatable bonds is 10. The zero-order valence-corrected chi connectivity index (χ0v) is 20.6. The van der Waals surface area contributed by atoms with Crippen LogP contribution in [0, 0.1) is 5.82 Å². The van der Waals surface area contributed by atoms with Crippen molar-refractivity contribution in [3.05, 3.63) is 48.3 Å². The fourth-order valence-electron chi connectivity index (χ4n) is 4.57. The summed E-state index contributed by atoms with van der Waals surface area (Å²) in [5, 5.41) is 13.5. The van der Waals surface area contributed by atoms with E-state index in [0.29, 0.717) is 6.61 Å². The summed E-state index contributed by atoms with van der Waals surface area (Å²) in [5.74, 6) is 0.377. The molecule has 188 valence electrons. The van der Waals surface area contributed by atoms with E-state index in [1.54, 1.807) is 12.1 Å². The molecule has 1 amide bonds. The first-order valence-corrected chi connectivity index (χ1v) is 12.1. The van der Waals surface area contributed by atoms with Crippen LogP contribution < -0.4 is 14.8 Å². The number of aliphatic hydroxyl groups excluding tert-OH is 1. The third-order valence-electron chi connectivity index (χ3n) is 6.21.